The van der Waals surface area contributed by atoms with Crippen LogP contribution in [0.4, 0.5) is 0 Å². The number of methoxy groups -OCH3 is 1. The van der Waals surface area contributed by atoms with Crippen LogP contribution in [-0.4, -0.2) is 14.2 Å². The molecular weight excluding hydrogens is 314 g/mol. The highest BCUT2D eigenvalue weighted by atomic mass is 16.5. The van der Waals surface area contributed by atoms with Crippen molar-refractivity contribution >= 4 is 11.0 Å². The largest absolute Gasteiger partial charge is 0.497 e. The summed E-state index contributed by atoms with van der Waals surface area (Å²) in [5.41, 5.74) is 4.93. The molecule has 0 aliphatic rings. The molecule has 0 spiro atoms. The minimum absolute atomic E-state index is 0.292. The van der Waals surface area contributed by atoms with Crippen molar-refractivity contribution in [1.82, 2.24) is 0 Å². The van der Waals surface area contributed by atoms with Gasteiger partial charge in [-0.15, -0.1) is 0 Å². The van der Waals surface area contributed by atoms with Crippen LogP contribution in [0, 0.1) is 13.8 Å². The molecule has 1 N–H and O–H groups in total. The summed E-state index contributed by atoms with van der Waals surface area (Å²) < 4.78 is 10.7. The monoisotopic (exact) mass is 338 g/mol. The number of fused-ring (bicyclic) bond motifs is 1. The van der Waals surface area contributed by atoms with E-state index in [0.717, 1.165) is 35.4 Å². The Bertz CT molecular complexity index is 959. The number of quaternary nitrogens is 1. The zero-order valence-electron chi connectivity index (χ0n) is 15.2. The number of nitrogens with one attached hydrogen (secondary N) is 1. The molecule has 1 heterocycles. The first-order valence-electron chi connectivity index (χ1n) is 8.44. The maximum absolute atomic E-state index is 11.9. The summed E-state index contributed by atoms with van der Waals surface area (Å²) in [6.45, 7) is 5.71. The molecule has 25 heavy (non-hydrogen) atoms. The van der Waals surface area contributed by atoms with Gasteiger partial charge in [0.15, 0.2) is 0 Å². The van der Waals surface area contributed by atoms with E-state index in [-0.39, 0.29) is 5.63 Å². The average Bonchev–Trinajstić information content (AvgIpc) is 2.56. The fraction of sp³-hybridized carbons (Fsp3) is 0.286. The zero-order chi connectivity index (χ0) is 18.0. The number of rotatable bonds is 5. The van der Waals surface area contributed by atoms with E-state index in [4.69, 9.17) is 9.15 Å². The summed E-state index contributed by atoms with van der Waals surface area (Å²) in [7, 11) is 3.80. The van der Waals surface area contributed by atoms with E-state index in [9.17, 15) is 4.79 Å². The van der Waals surface area contributed by atoms with Gasteiger partial charge in [0, 0.05) is 22.6 Å². The fourth-order valence-corrected chi connectivity index (χ4v) is 3.15. The van der Waals surface area contributed by atoms with Crippen molar-refractivity contribution in [2.75, 3.05) is 14.2 Å². The van der Waals surface area contributed by atoms with Crippen LogP contribution in [0.1, 0.15) is 22.3 Å². The van der Waals surface area contributed by atoms with Crippen LogP contribution in [-0.2, 0) is 13.1 Å². The fourth-order valence-electron chi connectivity index (χ4n) is 3.15. The Labute approximate surface area is 147 Å². The Morgan fingerprint density at radius 1 is 1.04 bits per heavy atom. The van der Waals surface area contributed by atoms with Gasteiger partial charge in [-0.05, 0) is 49.2 Å². The van der Waals surface area contributed by atoms with E-state index in [1.165, 1.54) is 16.0 Å². The van der Waals surface area contributed by atoms with Gasteiger partial charge in [0.25, 0.3) is 0 Å². The molecule has 0 saturated carbocycles. The normalized spacial score (nSPS) is 12.3. The van der Waals surface area contributed by atoms with E-state index in [2.05, 4.69) is 32.2 Å². The van der Waals surface area contributed by atoms with Crippen molar-refractivity contribution in [3.8, 4) is 5.75 Å². The summed E-state index contributed by atoms with van der Waals surface area (Å²) in [5.74, 6) is 0.863. The average molecular weight is 338 g/mol. The molecular formula is C21H24NO3+. The van der Waals surface area contributed by atoms with Crippen molar-refractivity contribution in [3.05, 3.63) is 75.1 Å². The van der Waals surface area contributed by atoms with Crippen molar-refractivity contribution < 1.29 is 14.1 Å². The Kier molecular flexibility index (Phi) is 4.91. The van der Waals surface area contributed by atoms with Gasteiger partial charge in [-0.1, -0.05) is 12.1 Å². The van der Waals surface area contributed by atoms with Gasteiger partial charge in [-0.2, -0.15) is 0 Å². The molecule has 130 valence electrons. The molecule has 1 aromatic heterocycles. The first-order chi connectivity index (χ1) is 12.0. The summed E-state index contributed by atoms with van der Waals surface area (Å²) in [4.78, 5) is 13.2. The minimum Gasteiger partial charge on any atom is -0.497 e. The Hall–Kier alpha value is -2.59. The third-order valence-electron chi connectivity index (χ3n) is 4.58. The first-order valence-corrected chi connectivity index (χ1v) is 8.44. The topological polar surface area (TPSA) is 43.9 Å². The molecule has 0 bridgehead atoms. The molecule has 1 unspecified atom stereocenters. The van der Waals surface area contributed by atoms with Crippen LogP contribution in [0.2, 0.25) is 0 Å². The molecule has 0 saturated heterocycles. The summed E-state index contributed by atoms with van der Waals surface area (Å²) >= 11 is 0. The maximum Gasteiger partial charge on any atom is 0.336 e. The second-order valence-corrected chi connectivity index (χ2v) is 6.69. The molecule has 4 nitrogen and oxygen atoms in total. The van der Waals surface area contributed by atoms with Gasteiger partial charge in [0.2, 0.25) is 0 Å². The lowest BCUT2D eigenvalue weighted by Crippen LogP contribution is -3.06. The third-order valence-corrected chi connectivity index (χ3v) is 4.58. The van der Waals surface area contributed by atoms with Gasteiger partial charge in [-0.25, -0.2) is 4.79 Å². The maximum atomic E-state index is 11.9. The van der Waals surface area contributed by atoms with E-state index in [1.807, 2.05) is 25.1 Å². The molecule has 3 aromatic rings. The van der Waals surface area contributed by atoms with Crippen LogP contribution in [0.15, 0.2) is 51.7 Å². The van der Waals surface area contributed by atoms with Gasteiger partial charge in [0.05, 0.1) is 14.2 Å². The summed E-state index contributed by atoms with van der Waals surface area (Å²) in [6, 6.07) is 13.8. The molecule has 2 aromatic carbocycles. The summed E-state index contributed by atoms with van der Waals surface area (Å²) in [5, 5.41) is 1.02. The minimum atomic E-state index is -0.292. The van der Waals surface area contributed by atoms with Crippen molar-refractivity contribution in [3.63, 3.8) is 0 Å². The van der Waals surface area contributed by atoms with E-state index in [1.54, 1.807) is 13.2 Å². The predicted molar refractivity (Wildman–Crippen MR) is 99.2 cm³/mol. The van der Waals surface area contributed by atoms with Crippen LogP contribution in [0.25, 0.3) is 11.0 Å². The molecule has 0 amide bonds. The van der Waals surface area contributed by atoms with Crippen LogP contribution >= 0.6 is 0 Å². The Morgan fingerprint density at radius 3 is 2.56 bits per heavy atom. The summed E-state index contributed by atoms with van der Waals surface area (Å²) in [6.07, 6.45) is 0. The lowest BCUT2D eigenvalue weighted by molar-refractivity contribution is -0.907. The molecule has 0 fully saturated rings. The Balaban J connectivity index is 1.88. The van der Waals surface area contributed by atoms with Gasteiger partial charge in [0.1, 0.15) is 24.4 Å². The standard InChI is InChI=1S/C21H23NO3/c1-14-8-19-17(11-21(23)25-20(19)9-15(14)2)13-22(3)12-16-6-5-7-18(10-16)24-4/h5-11H,12-13H2,1-4H3/p+1. The highest BCUT2D eigenvalue weighted by Crippen LogP contribution is 2.21. The molecule has 3 rings (SSSR count). The van der Waals surface area contributed by atoms with Crippen LogP contribution in [0.5, 0.6) is 5.75 Å². The zero-order valence-corrected chi connectivity index (χ0v) is 15.2. The molecule has 0 radical (unpaired) electrons. The molecule has 0 aliphatic carbocycles. The second kappa shape index (κ2) is 7.11. The third kappa shape index (κ3) is 3.91. The quantitative estimate of drug-likeness (QED) is 0.728. The molecule has 4 heteroatoms. The number of benzene rings is 2. The number of ether oxygens (including phenoxy) is 1. The van der Waals surface area contributed by atoms with Crippen molar-refractivity contribution in [2.24, 2.45) is 0 Å². The van der Waals surface area contributed by atoms with Crippen molar-refractivity contribution in [1.29, 1.82) is 0 Å². The van der Waals surface area contributed by atoms with Gasteiger partial charge < -0.3 is 14.1 Å². The number of hydrogen-bond acceptors (Lipinski definition) is 3. The van der Waals surface area contributed by atoms with Crippen LogP contribution < -0.4 is 15.3 Å². The van der Waals surface area contributed by atoms with E-state index < -0.39 is 0 Å². The van der Waals surface area contributed by atoms with Gasteiger partial charge in [-0.3, -0.25) is 0 Å². The number of hydrogen-bond donors (Lipinski definition) is 1. The smallest absolute Gasteiger partial charge is 0.336 e. The molecule has 0 aliphatic heterocycles. The predicted octanol–water partition coefficient (Wildman–Crippen LogP) is 2.63. The Morgan fingerprint density at radius 2 is 1.80 bits per heavy atom. The highest BCUT2D eigenvalue weighted by molar-refractivity contribution is 5.81. The van der Waals surface area contributed by atoms with Gasteiger partial charge >= 0.3 is 5.63 Å². The molecule has 1 atom stereocenters. The van der Waals surface area contributed by atoms with Crippen LogP contribution in [0.3, 0.4) is 0 Å². The highest BCUT2D eigenvalue weighted by Gasteiger charge is 2.12. The van der Waals surface area contributed by atoms with Crippen molar-refractivity contribution in [2.45, 2.75) is 26.9 Å². The second-order valence-electron chi connectivity index (χ2n) is 6.69. The lowest BCUT2D eigenvalue weighted by atomic mass is 10.0. The SMILES string of the molecule is COc1cccc(C[NH+](C)Cc2cc(=O)oc3cc(C)c(C)cc23)c1. The first kappa shape index (κ1) is 17.2. The van der Waals surface area contributed by atoms with E-state index >= 15 is 0 Å². The van der Waals surface area contributed by atoms with E-state index in [0.29, 0.717) is 5.58 Å². The lowest BCUT2D eigenvalue weighted by Gasteiger charge is -2.16. The number of aryl methyl sites for hydroxylation is 2.